The number of urea groups is 1. The molecule has 0 aliphatic rings. The monoisotopic (exact) mass is 299 g/mol. The van der Waals surface area contributed by atoms with E-state index in [-0.39, 0.29) is 11.6 Å². The first-order chi connectivity index (χ1) is 9.38. The maximum Gasteiger partial charge on any atom is 0.338 e. The summed E-state index contributed by atoms with van der Waals surface area (Å²) in [5.41, 5.74) is 0.889. The Kier molecular flexibility index (Phi) is 5.97. The fraction of sp³-hybridized carbons (Fsp3) is 0.538. The standard InChI is InChI=1S/C13H21N3O3S/c1-8-9(2)20-11(10(8)12(17)18)15-13(19)16(4)7-5-6-14-3/h14H,5-7H2,1-4H3,(H,15,19)(H,17,18). The summed E-state index contributed by atoms with van der Waals surface area (Å²) in [7, 11) is 3.55. The van der Waals surface area contributed by atoms with Crippen LogP contribution in [0.2, 0.25) is 0 Å². The maximum absolute atomic E-state index is 12.0. The highest BCUT2D eigenvalue weighted by atomic mass is 32.1. The second kappa shape index (κ2) is 7.25. The second-order valence-electron chi connectivity index (χ2n) is 4.60. The van der Waals surface area contributed by atoms with Crippen LogP contribution in [0.5, 0.6) is 0 Å². The van der Waals surface area contributed by atoms with Crippen LogP contribution >= 0.6 is 11.3 Å². The minimum absolute atomic E-state index is 0.185. The van der Waals surface area contributed by atoms with Crippen molar-refractivity contribution in [3.8, 4) is 0 Å². The summed E-state index contributed by atoms with van der Waals surface area (Å²) in [6.45, 7) is 5.04. The zero-order valence-electron chi connectivity index (χ0n) is 12.2. The van der Waals surface area contributed by atoms with Gasteiger partial charge in [0.1, 0.15) is 5.00 Å². The molecule has 1 aromatic heterocycles. The first kappa shape index (κ1) is 16.5. The number of carbonyl (C=O) groups is 2. The van der Waals surface area contributed by atoms with Crippen LogP contribution in [0.4, 0.5) is 9.80 Å². The topological polar surface area (TPSA) is 81.7 Å². The Hall–Kier alpha value is -1.60. The van der Waals surface area contributed by atoms with Crippen molar-refractivity contribution in [1.29, 1.82) is 0 Å². The van der Waals surface area contributed by atoms with E-state index < -0.39 is 5.97 Å². The summed E-state index contributed by atoms with van der Waals surface area (Å²) in [4.78, 5) is 25.7. The molecule has 112 valence electrons. The first-order valence-corrected chi connectivity index (χ1v) is 7.20. The quantitative estimate of drug-likeness (QED) is 0.703. The number of rotatable bonds is 6. The van der Waals surface area contributed by atoms with E-state index in [0.717, 1.165) is 17.8 Å². The molecule has 0 bridgehead atoms. The third kappa shape index (κ3) is 3.94. The lowest BCUT2D eigenvalue weighted by Gasteiger charge is -2.17. The summed E-state index contributed by atoms with van der Waals surface area (Å²) >= 11 is 1.29. The molecule has 0 saturated heterocycles. The minimum Gasteiger partial charge on any atom is -0.478 e. The van der Waals surface area contributed by atoms with Crippen LogP contribution in [0.15, 0.2) is 0 Å². The van der Waals surface area contributed by atoms with Crippen LogP contribution in [0.25, 0.3) is 0 Å². The van der Waals surface area contributed by atoms with E-state index in [9.17, 15) is 14.7 Å². The van der Waals surface area contributed by atoms with Gasteiger partial charge in [-0.25, -0.2) is 9.59 Å². The molecule has 1 aromatic rings. The average Bonchev–Trinajstić information content (AvgIpc) is 2.64. The number of nitrogens with one attached hydrogen (secondary N) is 2. The number of carbonyl (C=O) groups excluding carboxylic acids is 1. The van der Waals surface area contributed by atoms with Crippen molar-refractivity contribution in [2.45, 2.75) is 20.3 Å². The highest BCUT2D eigenvalue weighted by Crippen LogP contribution is 2.32. The fourth-order valence-electron chi connectivity index (χ4n) is 1.76. The number of aromatic carboxylic acids is 1. The summed E-state index contributed by atoms with van der Waals surface area (Å²) in [6.07, 6.45) is 0.842. The smallest absolute Gasteiger partial charge is 0.338 e. The Labute approximate surface area is 122 Å². The Morgan fingerprint density at radius 1 is 1.35 bits per heavy atom. The van der Waals surface area contributed by atoms with Gasteiger partial charge in [0.15, 0.2) is 0 Å². The van der Waals surface area contributed by atoms with Gasteiger partial charge >= 0.3 is 12.0 Å². The predicted octanol–water partition coefficient (Wildman–Crippen LogP) is 2.14. The predicted molar refractivity (Wildman–Crippen MR) is 80.9 cm³/mol. The highest BCUT2D eigenvalue weighted by Gasteiger charge is 2.21. The number of carboxylic acid groups (broad SMARTS) is 1. The molecule has 0 spiro atoms. The maximum atomic E-state index is 12.0. The van der Waals surface area contributed by atoms with Crippen molar-refractivity contribution in [1.82, 2.24) is 10.2 Å². The Morgan fingerprint density at radius 2 is 2.00 bits per heavy atom. The van der Waals surface area contributed by atoms with Gasteiger partial charge in [-0.2, -0.15) is 0 Å². The van der Waals surface area contributed by atoms with Crippen LogP contribution in [-0.4, -0.2) is 49.2 Å². The van der Waals surface area contributed by atoms with Gasteiger partial charge in [-0.05, 0) is 39.4 Å². The third-order valence-electron chi connectivity index (χ3n) is 3.09. The molecule has 0 unspecified atom stereocenters. The van der Waals surface area contributed by atoms with Gasteiger partial charge in [0.05, 0.1) is 5.56 Å². The summed E-state index contributed by atoms with van der Waals surface area (Å²) in [5.74, 6) is -1.01. The number of nitrogens with zero attached hydrogens (tertiary/aromatic N) is 1. The molecule has 2 amide bonds. The number of amides is 2. The van der Waals surface area contributed by atoms with Crippen molar-refractivity contribution in [2.24, 2.45) is 0 Å². The first-order valence-electron chi connectivity index (χ1n) is 6.38. The summed E-state index contributed by atoms with van der Waals surface area (Å²) in [5, 5.41) is 15.3. The van der Waals surface area contributed by atoms with Gasteiger partial charge in [0, 0.05) is 18.5 Å². The van der Waals surface area contributed by atoms with Gasteiger partial charge in [0.25, 0.3) is 0 Å². The van der Waals surface area contributed by atoms with Crippen LogP contribution in [0, 0.1) is 13.8 Å². The highest BCUT2D eigenvalue weighted by molar-refractivity contribution is 7.16. The van der Waals surface area contributed by atoms with Gasteiger partial charge in [-0.1, -0.05) is 0 Å². The van der Waals surface area contributed by atoms with E-state index in [4.69, 9.17) is 0 Å². The molecular weight excluding hydrogens is 278 g/mol. The Balaban J connectivity index is 2.75. The molecular formula is C13H21N3O3S. The van der Waals surface area contributed by atoms with Gasteiger partial charge < -0.3 is 15.3 Å². The number of hydrogen-bond donors (Lipinski definition) is 3. The molecule has 1 heterocycles. The van der Waals surface area contributed by atoms with E-state index in [1.165, 1.54) is 11.3 Å². The van der Waals surface area contributed by atoms with Crippen LogP contribution < -0.4 is 10.6 Å². The minimum atomic E-state index is -1.01. The van der Waals surface area contributed by atoms with Crippen LogP contribution in [-0.2, 0) is 0 Å². The number of carboxylic acids is 1. The van der Waals surface area contributed by atoms with E-state index in [2.05, 4.69) is 10.6 Å². The molecule has 1 rings (SSSR count). The number of anilines is 1. The fourth-order valence-corrected chi connectivity index (χ4v) is 2.80. The lowest BCUT2D eigenvalue weighted by molar-refractivity contribution is 0.0697. The van der Waals surface area contributed by atoms with E-state index >= 15 is 0 Å². The zero-order chi connectivity index (χ0) is 15.3. The zero-order valence-corrected chi connectivity index (χ0v) is 13.1. The molecule has 6 nitrogen and oxygen atoms in total. The second-order valence-corrected chi connectivity index (χ2v) is 5.83. The van der Waals surface area contributed by atoms with Crippen molar-refractivity contribution in [3.05, 3.63) is 16.0 Å². The van der Waals surface area contributed by atoms with E-state index in [1.54, 1.807) is 18.9 Å². The number of thiophene rings is 1. The van der Waals surface area contributed by atoms with Crippen LogP contribution in [0.1, 0.15) is 27.2 Å². The number of aryl methyl sites for hydroxylation is 1. The Morgan fingerprint density at radius 3 is 2.55 bits per heavy atom. The molecule has 7 heteroatoms. The number of hydrogen-bond acceptors (Lipinski definition) is 4. The molecule has 0 atom stereocenters. The molecule has 0 aromatic carbocycles. The molecule has 0 aliphatic heterocycles. The van der Waals surface area contributed by atoms with E-state index in [0.29, 0.717) is 17.1 Å². The van der Waals surface area contributed by atoms with Crippen LogP contribution in [0.3, 0.4) is 0 Å². The lowest BCUT2D eigenvalue weighted by Crippen LogP contribution is -2.33. The van der Waals surface area contributed by atoms with Crippen molar-refractivity contribution in [3.63, 3.8) is 0 Å². The summed E-state index contributed by atoms with van der Waals surface area (Å²) < 4.78 is 0. The molecule has 0 fully saturated rings. The SMILES string of the molecule is CNCCCN(C)C(=O)Nc1sc(C)c(C)c1C(=O)O. The van der Waals surface area contributed by atoms with E-state index in [1.807, 2.05) is 14.0 Å². The average molecular weight is 299 g/mol. The van der Waals surface area contributed by atoms with Gasteiger partial charge in [-0.3, -0.25) is 5.32 Å². The molecule has 0 saturated carbocycles. The molecule has 0 radical (unpaired) electrons. The van der Waals surface area contributed by atoms with Crippen molar-refractivity contribution < 1.29 is 14.7 Å². The molecule has 20 heavy (non-hydrogen) atoms. The van der Waals surface area contributed by atoms with Crippen molar-refractivity contribution >= 4 is 28.3 Å². The molecule has 0 aliphatic carbocycles. The van der Waals surface area contributed by atoms with Gasteiger partial charge in [0.2, 0.25) is 0 Å². The summed E-state index contributed by atoms with van der Waals surface area (Å²) in [6, 6.07) is -0.287. The molecule has 3 N–H and O–H groups in total. The normalized spacial score (nSPS) is 10.4. The third-order valence-corrected chi connectivity index (χ3v) is 4.21. The largest absolute Gasteiger partial charge is 0.478 e. The van der Waals surface area contributed by atoms with Crippen molar-refractivity contribution in [2.75, 3.05) is 32.5 Å². The van der Waals surface area contributed by atoms with Gasteiger partial charge in [-0.15, -0.1) is 11.3 Å². The Bertz CT molecular complexity index is 499. The lowest BCUT2D eigenvalue weighted by atomic mass is 10.1.